The number of hydrogen-bond donors (Lipinski definition) is 0. The molecule has 2 rings (SSSR count). The zero-order valence-electron chi connectivity index (χ0n) is 6.39. The zero-order chi connectivity index (χ0) is 9.42. The van der Waals surface area contributed by atoms with Gasteiger partial charge in [-0.2, -0.15) is 0 Å². The second-order valence-corrected chi connectivity index (χ2v) is 3.35. The highest BCUT2D eigenvalue weighted by atomic mass is 35.5. The molecule has 0 bridgehead atoms. The third-order valence-electron chi connectivity index (χ3n) is 1.76. The minimum absolute atomic E-state index is 0.0578. The van der Waals surface area contributed by atoms with Crippen LogP contribution in [0, 0.1) is 5.82 Å². The average molecular weight is 216 g/mol. The lowest BCUT2D eigenvalue weighted by molar-refractivity contribution is 0.630. The SMILES string of the molecule is Fc1cc2ccnc(Cl)c2cc1Cl. The van der Waals surface area contributed by atoms with E-state index in [0.717, 1.165) is 0 Å². The van der Waals surface area contributed by atoms with Gasteiger partial charge in [0.05, 0.1) is 5.02 Å². The van der Waals surface area contributed by atoms with E-state index in [1.165, 1.54) is 18.3 Å². The standard InChI is InChI=1S/C9H4Cl2FN/c10-7-4-6-5(3-8(7)12)1-2-13-9(6)11/h1-4H. The van der Waals surface area contributed by atoms with E-state index in [9.17, 15) is 4.39 Å². The number of aromatic nitrogens is 1. The van der Waals surface area contributed by atoms with Crippen LogP contribution >= 0.6 is 23.2 Å². The molecule has 2 aromatic rings. The molecule has 0 spiro atoms. The third kappa shape index (κ3) is 1.47. The Morgan fingerprint density at radius 1 is 1.23 bits per heavy atom. The van der Waals surface area contributed by atoms with E-state index in [2.05, 4.69) is 4.98 Å². The van der Waals surface area contributed by atoms with Gasteiger partial charge in [0, 0.05) is 11.6 Å². The molecule has 0 aliphatic carbocycles. The molecular weight excluding hydrogens is 212 g/mol. The first-order chi connectivity index (χ1) is 6.18. The number of benzene rings is 1. The van der Waals surface area contributed by atoms with Crippen LogP contribution in [0.4, 0.5) is 4.39 Å². The van der Waals surface area contributed by atoms with Crippen molar-refractivity contribution < 1.29 is 4.39 Å². The fourth-order valence-electron chi connectivity index (χ4n) is 1.13. The summed E-state index contributed by atoms with van der Waals surface area (Å²) >= 11 is 11.4. The summed E-state index contributed by atoms with van der Waals surface area (Å²) in [7, 11) is 0. The molecule has 0 saturated heterocycles. The van der Waals surface area contributed by atoms with E-state index in [1.807, 2.05) is 0 Å². The maximum Gasteiger partial charge on any atom is 0.142 e. The first kappa shape index (κ1) is 8.73. The Hall–Kier alpha value is -0.860. The molecule has 0 unspecified atom stereocenters. The minimum Gasteiger partial charge on any atom is -0.244 e. The number of hydrogen-bond acceptors (Lipinski definition) is 1. The Morgan fingerprint density at radius 2 is 2.00 bits per heavy atom. The molecule has 4 heteroatoms. The molecule has 1 heterocycles. The highest BCUT2D eigenvalue weighted by Crippen LogP contribution is 2.26. The van der Waals surface area contributed by atoms with Gasteiger partial charge in [-0.25, -0.2) is 9.37 Å². The summed E-state index contributed by atoms with van der Waals surface area (Å²) in [6, 6.07) is 4.49. The Kier molecular flexibility index (Phi) is 2.10. The number of fused-ring (bicyclic) bond motifs is 1. The maximum atomic E-state index is 13.0. The first-order valence-corrected chi connectivity index (χ1v) is 4.33. The van der Waals surface area contributed by atoms with Crippen molar-refractivity contribution in [2.45, 2.75) is 0 Å². The Bertz CT molecular complexity index is 470. The van der Waals surface area contributed by atoms with Gasteiger partial charge in [-0.15, -0.1) is 0 Å². The smallest absolute Gasteiger partial charge is 0.142 e. The second-order valence-electron chi connectivity index (χ2n) is 2.59. The lowest BCUT2D eigenvalue weighted by Crippen LogP contribution is -1.82. The fourth-order valence-corrected chi connectivity index (χ4v) is 1.51. The monoisotopic (exact) mass is 215 g/mol. The topological polar surface area (TPSA) is 12.9 Å². The van der Waals surface area contributed by atoms with E-state index < -0.39 is 5.82 Å². The number of pyridine rings is 1. The summed E-state index contributed by atoms with van der Waals surface area (Å²) in [5.41, 5.74) is 0. The quantitative estimate of drug-likeness (QED) is 0.612. The average Bonchev–Trinajstić information content (AvgIpc) is 2.09. The van der Waals surface area contributed by atoms with E-state index in [4.69, 9.17) is 23.2 Å². The fraction of sp³-hybridized carbons (Fsp3) is 0. The van der Waals surface area contributed by atoms with Crippen molar-refractivity contribution in [3.63, 3.8) is 0 Å². The molecule has 13 heavy (non-hydrogen) atoms. The summed E-state index contributed by atoms with van der Waals surface area (Å²) < 4.78 is 13.0. The van der Waals surface area contributed by atoms with E-state index in [1.54, 1.807) is 6.07 Å². The Morgan fingerprint density at radius 3 is 2.77 bits per heavy atom. The lowest BCUT2D eigenvalue weighted by atomic mass is 10.2. The molecule has 0 atom stereocenters. The van der Waals surface area contributed by atoms with E-state index in [-0.39, 0.29) is 5.02 Å². The van der Waals surface area contributed by atoms with Crippen molar-refractivity contribution in [1.82, 2.24) is 4.98 Å². The summed E-state index contributed by atoms with van der Waals surface area (Å²) in [6.45, 7) is 0. The summed E-state index contributed by atoms with van der Waals surface area (Å²) in [4.78, 5) is 3.86. The molecule has 66 valence electrons. The third-order valence-corrected chi connectivity index (χ3v) is 2.35. The molecule has 0 aliphatic heterocycles. The number of halogens is 3. The molecule has 1 nitrogen and oxygen atoms in total. The van der Waals surface area contributed by atoms with Gasteiger partial charge in [-0.3, -0.25) is 0 Å². The largest absolute Gasteiger partial charge is 0.244 e. The Balaban J connectivity index is 2.89. The molecule has 0 aliphatic rings. The van der Waals surface area contributed by atoms with Crippen LogP contribution in [0.25, 0.3) is 10.8 Å². The highest BCUT2D eigenvalue weighted by Gasteiger charge is 2.04. The van der Waals surface area contributed by atoms with Gasteiger partial charge >= 0.3 is 0 Å². The van der Waals surface area contributed by atoms with Gasteiger partial charge in [0.1, 0.15) is 11.0 Å². The summed E-state index contributed by atoms with van der Waals surface area (Å²) in [5, 5.41) is 1.75. The Labute approximate surface area is 84.1 Å². The van der Waals surface area contributed by atoms with Crippen LogP contribution in [0.1, 0.15) is 0 Å². The number of rotatable bonds is 0. The van der Waals surface area contributed by atoms with Crippen LogP contribution in [0.15, 0.2) is 24.4 Å². The molecule has 0 amide bonds. The van der Waals surface area contributed by atoms with Crippen molar-refractivity contribution >= 4 is 34.0 Å². The van der Waals surface area contributed by atoms with Crippen LogP contribution < -0.4 is 0 Å². The molecule has 0 radical (unpaired) electrons. The molecule has 1 aromatic carbocycles. The summed E-state index contributed by atoms with van der Waals surface area (Å²) in [5.74, 6) is -0.448. The van der Waals surface area contributed by atoms with Crippen molar-refractivity contribution in [3.8, 4) is 0 Å². The lowest BCUT2D eigenvalue weighted by Gasteiger charge is -2.00. The second kappa shape index (κ2) is 3.13. The van der Waals surface area contributed by atoms with Crippen molar-refractivity contribution in [3.05, 3.63) is 40.4 Å². The zero-order valence-corrected chi connectivity index (χ0v) is 7.90. The van der Waals surface area contributed by atoms with Gasteiger partial charge in [0.2, 0.25) is 0 Å². The van der Waals surface area contributed by atoms with Gasteiger partial charge in [-0.05, 0) is 23.6 Å². The van der Waals surface area contributed by atoms with E-state index in [0.29, 0.717) is 15.9 Å². The summed E-state index contributed by atoms with van der Waals surface area (Å²) in [6.07, 6.45) is 1.53. The number of nitrogens with zero attached hydrogens (tertiary/aromatic N) is 1. The van der Waals surface area contributed by atoms with Gasteiger partial charge < -0.3 is 0 Å². The molecule has 1 aromatic heterocycles. The van der Waals surface area contributed by atoms with Crippen molar-refractivity contribution in [1.29, 1.82) is 0 Å². The first-order valence-electron chi connectivity index (χ1n) is 3.58. The predicted molar refractivity (Wildman–Crippen MR) is 51.7 cm³/mol. The van der Waals surface area contributed by atoms with Crippen molar-refractivity contribution in [2.75, 3.05) is 0 Å². The van der Waals surface area contributed by atoms with Crippen LogP contribution in [0.5, 0.6) is 0 Å². The highest BCUT2D eigenvalue weighted by molar-refractivity contribution is 6.35. The predicted octanol–water partition coefficient (Wildman–Crippen LogP) is 3.68. The maximum absolute atomic E-state index is 13.0. The normalized spacial score (nSPS) is 10.7. The molecule has 0 fully saturated rings. The van der Waals surface area contributed by atoms with Gasteiger partial charge in [0.25, 0.3) is 0 Å². The van der Waals surface area contributed by atoms with Crippen molar-refractivity contribution in [2.24, 2.45) is 0 Å². The van der Waals surface area contributed by atoms with Gasteiger partial charge in [-0.1, -0.05) is 23.2 Å². The minimum atomic E-state index is -0.448. The van der Waals surface area contributed by atoms with Crippen LogP contribution in [0.3, 0.4) is 0 Å². The molecular formula is C9H4Cl2FN. The molecule has 0 saturated carbocycles. The van der Waals surface area contributed by atoms with E-state index >= 15 is 0 Å². The molecule has 0 N–H and O–H groups in total. The van der Waals surface area contributed by atoms with Crippen LogP contribution in [-0.2, 0) is 0 Å². The van der Waals surface area contributed by atoms with Gasteiger partial charge in [0.15, 0.2) is 0 Å². The van der Waals surface area contributed by atoms with Crippen LogP contribution in [-0.4, -0.2) is 4.98 Å². The van der Waals surface area contributed by atoms with Crippen LogP contribution in [0.2, 0.25) is 10.2 Å².